The number of benzene rings is 1. The van der Waals surface area contributed by atoms with Crippen LogP contribution in [0.5, 0.6) is 5.75 Å². The molecule has 18 heavy (non-hydrogen) atoms. The van der Waals surface area contributed by atoms with Crippen LogP contribution in [0.4, 0.5) is 4.39 Å². The van der Waals surface area contributed by atoms with Crippen molar-refractivity contribution < 1.29 is 19.2 Å². The molecule has 1 aromatic carbocycles. The van der Waals surface area contributed by atoms with Crippen LogP contribution in [0.1, 0.15) is 5.82 Å². The highest BCUT2D eigenvalue weighted by molar-refractivity contribution is 6.59. The normalized spacial score (nSPS) is 10.2. The summed E-state index contributed by atoms with van der Waals surface area (Å²) < 4.78 is 18.3. The van der Waals surface area contributed by atoms with E-state index in [1.165, 1.54) is 12.1 Å². The van der Waals surface area contributed by atoms with Gasteiger partial charge in [-0.1, -0.05) is 0 Å². The Balaban J connectivity index is 2.14. The fraction of sp³-hybridized carbons (Fsp3) is 0.0909. The van der Waals surface area contributed by atoms with Crippen LogP contribution < -0.4 is 10.2 Å². The lowest BCUT2D eigenvalue weighted by molar-refractivity contribution is 0.296. The average Bonchev–Trinajstić information content (AvgIpc) is 2.38. The Morgan fingerprint density at radius 1 is 1.22 bits per heavy atom. The van der Waals surface area contributed by atoms with Gasteiger partial charge in [0, 0.05) is 17.9 Å². The van der Waals surface area contributed by atoms with E-state index in [0.29, 0.717) is 5.82 Å². The fourth-order valence-electron chi connectivity index (χ4n) is 1.40. The van der Waals surface area contributed by atoms with Gasteiger partial charge in [0.15, 0.2) is 5.82 Å². The predicted molar refractivity (Wildman–Crippen MR) is 62.6 cm³/mol. The molecule has 0 amide bonds. The van der Waals surface area contributed by atoms with Crippen molar-refractivity contribution in [3.8, 4) is 5.75 Å². The lowest BCUT2D eigenvalue weighted by Crippen LogP contribution is -2.31. The van der Waals surface area contributed by atoms with E-state index >= 15 is 0 Å². The van der Waals surface area contributed by atoms with E-state index in [9.17, 15) is 4.39 Å². The average molecular weight is 248 g/mol. The van der Waals surface area contributed by atoms with Crippen molar-refractivity contribution in [2.24, 2.45) is 0 Å². The second-order valence-electron chi connectivity index (χ2n) is 3.51. The molecular formula is C11H10BFN2O3. The summed E-state index contributed by atoms with van der Waals surface area (Å²) in [5.74, 6) is 0.0560. The third-order valence-electron chi connectivity index (χ3n) is 2.23. The summed E-state index contributed by atoms with van der Waals surface area (Å²) in [4.78, 5) is 7.90. The third-order valence-corrected chi connectivity index (χ3v) is 2.23. The van der Waals surface area contributed by atoms with Gasteiger partial charge in [-0.05, 0) is 24.3 Å². The molecule has 0 saturated heterocycles. The number of nitrogens with zero attached hydrogens (tertiary/aromatic N) is 2. The smallest absolute Gasteiger partial charge is 0.486 e. The molecule has 0 aliphatic rings. The van der Waals surface area contributed by atoms with E-state index in [0.717, 1.165) is 6.07 Å². The van der Waals surface area contributed by atoms with Gasteiger partial charge in [0.2, 0.25) is 0 Å². The van der Waals surface area contributed by atoms with E-state index in [2.05, 4.69) is 9.97 Å². The van der Waals surface area contributed by atoms with Crippen molar-refractivity contribution in [3.05, 3.63) is 48.3 Å². The summed E-state index contributed by atoms with van der Waals surface area (Å²) in [6.07, 6.45) is 3.14. The monoisotopic (exact) mass is 248 g/mol. The standard InChI is InChI=1S/C11H10BFN2O3/c13-8-2-3-10(9(6-8)12(16)17)18-7-11-14-4-1-5-15-11/h1-6,16-17H,7H2. The molecule has 0 saturated carbocycles. The van der Waals surface area contributed by atoms with Gasteiger partial charge < -0.3 is 14.8 Å². The first-order valence-corrected chi connectivity index (χ1v) is 5.21. The zero-order valence-corrected chi connectivity index (χ0v) is 9.32. The highest BCUT2D eigenvalue weighted by Crippen LogP contribution is 2.11. The lowest BCUT2D eigenvalue weighted by atomic mass is 9.79. The molecule has 0 radical (unpaired) electrons. The lowest BCUT2D eigenvalue weighted by Gasteiger charge is -2.10. The first-order chi connectivity index (χ1) is 8.66. The Morgan fingerprint density at radius 2 is 1.94 bits per heavy atom. The Labute approximate surface area is 103 Å². The highest BCUT2D eigenvalue weighted by atomic mass is 19.1. The zero-order valence-electron chi connectivity index (χ0n) is 9.32. The molecule has 0 spiro atoms. The number of rotatable bonds is 4. The van der Waals surface area contributed by atoms with Crippen molar-refractivity contribution in [3.63, 3.8) is 0 Å². The number of aromatic nitrogens is 2. The molecule has 0 aliphatic carbocycles. The summed E-state index contributed by atoms with van der Waals surface area (Å²) in [5, 5.41) is 18.2. The molecule has 0 atom stereocenters. The minimum atomic E-state index is -1.80. The maximum absolute atomic E-state index is 13.0. The molecule has 5 nitrogen and oxygen atoms in total. The summed E-state index contributed by atoms with van der Waals surface area (Å²) in [7, 11) is -1.80. The van der Waals surface area contributed by atoms with Gasteiger partial charge >= 0.3 is 7.12 Å². The van der Waals surface area contributed by atoms with Crippen molar-refractivity contribution in [2.75, 3.05) is 0 Å². The predicted octanol–water partition coefficient (Wildman–Crippen LogP) is -0.126. The van der Waals surface area contributed by atoms with E-state index in [-0.39, 0.29) is 17.8 Å². The quantitative estimate of drug-likeness (QED) is 0.737. The van der Waals surface area contributed by atoms with Crippen LogP contribution in [0.2, 0.25) is 0 Å². The number of ether oxygens (including phenoxy) is 1. The van der Waals surface area contributed by atoms with Crippen molar-refractivity contribution in [1.82, 2.24) is 9.97 Å². The second kappa shape index (κ2) is 5.57. The minimum absolute atomic E-state index is 0.0362. The van der Waals surface area contributed by atoms with Gasteiger partial charge in [0.1, 0.15) is 18.2 Å². The maximum atomic E-state index is 13.0. The summed E-state index contributed by atoms with van der Waals surface area (Å²) in [6, 6.07) is 5.18. The number of halogens is 1. The minimum Gasteiger partial charge on any atom is -0.486 e. The van der Waals surface area contributed by atoms with Crippen LogP contribution in [0.25, 0.3) is 0 Å². The van der Waals surface area contributed by atoms with Crippen molar-refractivity contribution >= 4 is 12.6 Å². The van der Waals surface area contributed by atoms with E-state index < -0.39 is 12.9 Å². The first-order valence-electron chi connectivity index (χ1n) is 5.21. The Bertz CT molecular complexity index is 525. The summed E-state index contributed by atoms with van der Waals surface area (Å²) in [5.41, 5.74) is -0.0362. The SMILES string of the molecule is OB(O)c1cc(F)ccc1OCc1ncccn1. The van der Waals surface area contributed by atoms with Crippen LogP contribution in [0.15, 0.2) is 36.7 Å². The Kier molecular flexibility index (Phi) is 3.86. The summed E-state index contributed by atoms with van der Waals surface area (Å²) in [6.45, 7) is 0.0617. The molecule has 2 N–H and O–H groups in total. The van der Waals surface area contributed by atoms with Crippen LogP contribution in [-0.4, -0.2) is 27.1 Å². The van der Waals surface area contributed by atoms with Crippen LogP contribution in [0.3, 0.4) is 0 Å². The molecule has 0 bridgehead atoms. The molecule has 92 valence electrons. The van der Waals surface area contributed by atoms with Gasteiger partial charge in [-0.3, -0.25) is 0 Å². The van der Waals surface area contributed by atoms with Crippen molar-refractivity contribution in [1.29, 1.82) is 0 Å². The van der Waals surface area contributed by atoms with Crippen LogP contribution >= 0.6 is 0 Å². The van der Waals surface area contributed by atoms with E-state index in [1.54, 1.807) is 18.5 Å². The van der Waals surface area contributed by atoms with Crippen LogP contribution in [-0.2, 0) is 6.61 Å². The van der Waals surface area contributed by atoms with Gasteiger partial charge in [-0.2, -0.15) is 0 Å². The zero-order chi connectivity index (χ0) is 13.0. The summed E-state index contributed by atoms with van der Waals surface area (Å²) >= 11 is 0. The van der Waals surface area contributed by atoms with Gasteiger partial charge in [-0.15, -0.1) is 0 Å². The molecule has 0 aliphatic heterocycles. The van der Waals surface area contributed by atoms with Crippen molar-refractivity contribution in [2.45, 2.75) is 6.61 Å². The Morgan fingerprint density at radius 3 is 2.61 bits per heavy atom. The van der Waals surface area contributed by atoms with E-state index in [1.807, 2.05) is 0 Å². The van der Waals surface area contributed by atoms with Crippen LogP contribution in [0, 0.1) is 5.82 Å². The van der Waals surface area contributed by atoms with Gasteiger partial charge in [0.25, 0.3) is 0 Å². The molecular weight excluding hydrogens is 238 g/mol. The number of hydrogen-bond acceptors (Lipinski definition) is 5. The van der Waals surface area contributed by atoms with E-state index in [4.69, 9.17) is 14.8 Å². The molecule has 7 heteroatoms. The second-order valence-corrected chi connectivity index (χ2v) is 3.51. The highest BCUT2D eigenvalue weighted by Gasteiger charge is 2.18. The first kappa shape index (κ1) is 12.5. The Hall–Kier alpha value is -1.99. The molecule has 0 unspecified atom stereocenters. The molecule has 2 rings (SSSR count). The maximum Gasteiger partial charge on any atom is 0.492 e. The van der Waals surface area contributed by atoms with Gasteiger partial charge in [0.05, 0.1) is 0 Å². The fourth-order valence-corrected chi connectivity index (χ4v) is 1.40. The third kappa shape index (κ3) is 3.02. The molecule has 0 fully saturated rings. The number of hydrogen-bond donors (Lipinski definition) is 2. The molecule has 2 aromatic rings. The topological polar surface area (TPSA) is 75.5 Å². The largest absolute Gasteiger partial charge is 0.492 e. The molecule has 1 heterocycles. The van der Waals surface area contributed by atoms with Gasteiger partial charge in [-0.25, -0.2) is 14.4 Å². The molecule has 1 aromatic heterocycles.